The quantitative estimate of drug-likeness (QED) is 0.579. The molecule has 2 rings (SSSR count). The van der Waals surface area contributed by atoms with Crippen LogP contribution in [0.25, 0.3) is 11.1 Å². The molecule has 0 amide bonds. The zero-order valence-electron chi connectivity index (χ0n) is 11.3. The monoisotopic (exact) mass is 329 g/mol. The van der Waals surface area contributed by atoms with E-state index in [-0.39, 0.29) is 6.61 Å². The Balaban J connectivity index is 2.38. The van der Waals surface area contributed by atoms with Crippen LogP contribution in [0.4, 0.5) is 8.78 Å². The smallest absolute Gasteiger partial charge is 0.320 e. The molecule has 0 saturated carbocycles. The van der Waals surface area contributed by atoms with Gasteiger partial charge in [-0.2, -0.15) is 8.78 Å². The average molecular weight is 329 g/mol. The Kier molecular flexibility index (Phi) is 4.75. The highest BCUT2D eigenvalue weighted by molar-refractivity contribution is 7.52. The van der Waals surface area contributed by atoms with E-state index in [1.165, 1.54) is 6.07 Å². The summed E-state index contributed by atoms with van der Waals surface area (Å²) in [6.07, 6.45) is 0. The van der Waals surface area contributed by atoms with Crippen LogP contribution >= 0.6 is 7.60 Å². The van der Waals surface area contributed by atoms with Gasteiger partial charge >= 0.3 is 13.3 Å². The molecule has 0 bridgehead atoms. The number of hydrogen-bond donors (Lipinski definition) is 3. The van der Waals surface area contributed by atoms with Crippen molar-refractivity contribution in [1.29, 1.82) is 0 Å². The van der Waals surface area contributed by atoms with Gasteiger partial charge in [0, 0.05) is 5.56 Å². The van der Waals surface area contributed by atoms with E-state index in [2.05, 4.69) is 4.84 Å². The number of nitrogens with two attached hydrogens (primary N) is 1. The largest absolute Gasteiger partial charge is 0.399 e. The van der Waals surface area contributed by atoms with Crippen LogP contribution in [0.2, 0.25) is 0 Å². The molecule has 0 aromatic heterocycles. The zero-order valence-corrected chi connectivity index (χ0v) is 12.2. The van der Waals surface area contributed by atoms with Crippen LogP contribution in [0, 0.1) is 0 Å². The van der Waals surface area contributed by atoms with Crippen molar-refractivity contribution in [3.63, 3.8) is 0 Å². The van der Waals surface area contributed by atoms with Gasteiger partial charge < -0.3 is 9.79 Å². The topological polar surface area (TPSA) is 92.8 Å². The van der Waals surface area contributed by atoms with Crippen LogP contribution in [0.15, 0.2) is 48.5 Å². The summed E-state index contributed by atoms with van der Waals surface area (Å²) < 4.78 is 38.4. The van der Waals surface area contributed by atoms with Crippen molar-refractivity contribution in [3.8, 4) is 11.1 Å². The van der Waals surface area contributed by atoms with Crippen molar-refractivity contribution < 1.29 is 28.0 Å². The van der Waals surface area contributed by atoms with Gasteiger partial charge in [-0.05, 0) is 22.8 Å². The summed E-state index contributed by atoms with van der Waals surface area (Å²) in [7, 11) is -5.58. The van der Waals surface area contributed by atoms with Gasteiger partial charge in [0.05, 0.1) is 6.61 Å². The van der Waals surface area contributed by atoms with Crippen LogP contribution in [0.3, 0.4) is 0 Å². The Hall–Kier alpha value is -1.63. The third kappa shape index (κ3) is 3.40. The van der Waals surface area contributed by atoms with Crippen molar-refractivity contribution in [2.24, 2.45) is 5.90 Å². The maximum absolute atomic E-state index is 13.7. The predicted octanol–water partition coefficient (Wildman–Crippen LogP) is 2.97. The molecule has 0 aliphatic rings. The molecule has 0 aliphatic carbocycles. The van der Waals surface area contributed by atoms with E-state index in [4.69, 9.17) is 15.7 Å². The van der Waals surface area contributed by atoms with Crippen LogP contribution in [-0.2, 0) is 21.7 Å². The van der Waals surface area contributed by atoms with E-state index in [0.29, 0.717) is 11.1 Å². The minimum atomic E-state index is -5.58. The fraction of sp³-hybridized carbons (Fsp3) is 0.143. The maximum atomic E-state index is 13.7. The lowest BCUT2D eigenvalue weighted by Crippen LogP contribution is -2.13. The van der Waals surface area contributed by atoms with Gasteiger partial charge in [0.25, 0.3) is 0 Å². The van der Waals surface area contributed by atoms with Gasteiger partial charge in [0.1, 0.15) is 0 Å². The Labute approximate surface area is 125 Å². The van der Waals surface area contributed by atoms with E-state index in [1.807, 2.05) is 0 Å². The third-order valence-corrected chi connectivity index (χ3v) is 4.10. The summed E-state index contributed by atoms with van der Waals surface area (Å²) in [5.41, 5.74) is -3.10. The highest BCUT2D eigenvalue weighted by atomic mass is 31.2. The van der Waals surface area contributed by atoms with Crippen molar-refractivity contribution in [1.82, 2.24) is 0 Å². The predicted molar refractivity (Wildman–Crippen MR) is 76.8 cm³/mol. The van der Waals surface area contributed by atoms with Gasteiger partial charge in [0.15, 0.2) is 0 Å². The molecule has 0 unspecified atom stereocenters. The molecule has 118 valence electrons. The molecule has 0 spiro atoms. The summed E-state index contributed by atoms with van der Waals surface area (Å²) in [5.74, 6) is 4.96. The first-order valence-electron chi connectivity index (χ1n) is 6.20. The van der Waals surface area contributed by atoms with Gasteiger partial charge in [-0.15, -0.1) is 0 Å². The number of alkyl halides is 2. The molecule has 0 aliphatic heterocycles. The zero-order chi connectivity index (χ0) is 16.4. The summed E-state index contributed by atoms with van der Waals surface area (Å²) in [6.45, 7) is 0.219. The fourth-order valence-electron chi connectivity index (χ4n) is 1.94. The molecule has 0 radical (unpaired) electrons. The SMILES string of the molecule is NOCc1ccc(-c2cccc(C(F)(F)P(=O)(O)O)c2)cc1. The number of halogens is 2. The van der Waals surface area contributed by atoms with E-state index < -0.39 is 18.8 Å². The van der Waals surface area contributed by atoms with E-state index in [0.717, 1.165) is 17.7 Å². The second-order valence-corrected chi connectivity index (χ2v) is 6.32. The second kappa shape index (κ2) is 6.24. The van der Waals surface area contributed by atoms with Crippen molar-refractivity contribution >= 4 is 7.60 Å². The van der Waals surface area contributed by atoms with Gasteiger partial charge in [-0.1, -0.05) is 42.5 Å². The van der Waals surface area contributed by atoms with E-state index in [1.54, 1.807) is 30.3 Å². The summed E-state index contributed by atoms with van der Waals surface area (Å²) in [5, 5.41) is 0. The minimum absolute atomic E-state index is 0.219. The average Bonchev–Trinajstić information content (AvgIpc) is 2.47. The van der Waals surface area contributed by atoms with Crippen molar-refractivity contribution in [2.75, 3.05) is 0 Å². The first kappa shape index (κ1) is 16.7. The molecule has 22 heavy (non-hydrogen) atoms. The summed E-state index contributed by atoms with van der Waals surface area (Å²) >= 11 is 0. The lowest BCUT2D eigenvalue weighted by molar-refractivity contribution is 0.0565. The number of hydrogen-bond acceptors (Lipinski definition) is 3. The van der Waals surface area contributed by atoms with E-state index >= 15 is 0 Å². The maximum Gasteiger partial charge on any atom is 0.399 e. The van der Waals surface area contributed by atoms with Crippen molar-refractivity contribution in [3.05, 3.63) is 59.7 Å². The third-order valence-electron chi connectivity index (χ3n) is 3.11. The van der Waals surface area contributed by atoms with Crippen LogP contribution < -0.4 is 5.90 Å². The fourth-order valence-corrected chi connectivity index (χ4v) is 2.42. The molecular weight excluding hydrogens is 315 g/mol. The summed E-state index contributed by atoms with van der Waals surface area (Å²) in [4.78, 5) is 22.1. The summed E-state index contributed by atoms with van der Waals surface area (Å²) in [6, 6.07) is 11.8. The van der Waals surface area contributed by atoms with Crippen molar-refractivity contribution in [2.45, 2.75) is 12.3 Å². The van der Waals surface area contributed by atoms with Crippen LogP contribution in [-0.4, -0.2) is 9.79 Å². The molecule has 0 heterocycles. The Morgan fingerprint density at radius 2 is 1.73 bits per heavy atom. The number of benzene rings is 2. The number of rotatable bonds is 5. The second-order valence-electron chi connectivity index (χ2n) is 4.67. The normalized spacial score (nSPS) is 12.4. The molecule has 4 N–H and O–H groups in total. The molecule has 0 fully saturated rings. The highest BCUT2D eigenvalue weighted by Gasteiger charge is 2.50. The van der Waals surface area contributed by atoms with Gasteiger partial charge in [0.2, 0.25) is 0 Å². The molecule has 2 aromatic carbocycles. The molecule has 0 saturated heterocycles. The highest BCUT2D eigenvalue weighted by Crippen LogP contribution is 2.59. The molecule has 5 nitrogen and oxygen atoms in total. The van der Waals surface area contributed by atoms with Gasteiger partial charge in [-0.25, -0.2) is 5.90 Å². The Bertz CT molecular complexity index is 700. The van der Waals surface area contributed by atoms with Gasteiger partial charge in [-0.3, -0.25) is 9.40 Å². The molecule has 8 heteroatoms. The lowest BCUT2D eigenvalue weighted by atomic mass is 10.0. The Morgan fingerprint density at radius 3 is 2.27 bits per heavy atom. The minimum Gasteiger partial charge on any atom is -0.320 e. The molecule has 0 atom stereocenters. The first-order valence-corrected chi connectivity index (χ1v) is 7.82. The van der Waals surface area contributed by atoms with E-state index in [9.17, 15) is 13.3 Å². The first-order chi connectivity index (χ1) is 10.3. The van der Waals surface area contributed by atoms with Crippen LogP contribution in [0.1, 0.15) is 11.1 Å². The van der Waals surface area contributed by atoms with Crippen LogP contribution in [0.5, 0.6) is 0 Å². The standard InChI is InChI=1S/C14H14F2NO4P/c15-14(16,22(18,19)20)13-3-1-2-12(8-13)11-6-4-10(5-7-11)9-21-17/h1-8H,9,17H2,(H2,18,19,20). The Morgan fingerprint density at radius 1 is 1.09 bits per heavy atom. The lowest BCUT2D eigenvalue weighted by Gasteiger charge is -2.18. The molecule has 2 aromatic rings. The molecular formula is C14H14F2NO4P.